The number of carbonyl (C=O) groups is 2. The largest absolute Gasteiger partial charge is 0.493 e. The first-order valence-corrected chi connectivity index (χ1v) is 9.36. The lowest BCUT2D eigenvalue weighted by Crippen LogP contribution is -2.28. The zero-order valence-electron chi connectivity index (χ0n) is 15.0. The number of carbonyl (C=O) groups excluding carboxylic acids is 2. The van der Waals surface area contributed by atoms with Crippen LogP contribution in [0.2, 0.25) is 0 Å². The fourth-order valence-corrected chi connectivity index (χ4v) is 3.05. The minimum atomic E-state index is -0.0971. The summed E-state index contributed by atoms with van der Waals surface area (Å²) in [6.07, 6.45) is 1.70. The first-order valence-electron chi connectivity index (χ1n) is 8.42. The SMILES string of the molecule is COc1ccc(CCNC(=O)CCCNC(=O)c2ccsc2)cc1OC. The van der Waals surface area contributed by atoms with Gasteiger partial charge in [0.25, 0.3) is 5.91 Å². The molecule has 0 bridgehead atoms. The molecule has 0 aliphatic heterocycles. The van der Waals surface area contributed by atoms with Gasteiger partial charge in [0.15, 0.2) is 11.5 Å². The third-order valence-electron chi connectivity index (χ3n) is 3.83. The Labute approximate surface area is 157 Å². The molecule has 6 nitrogen and oxygen atoms in total. The predicted octanol–water partition coefficient (Wildman–Crippen LogP) is 2.63. The predicted molar refractivity (Wildman–Crippen MR) is 102 cm³/mol. The maximum Gasteiger partial charge on any atom is 0.252 e. The highest BCUT2D eigenvalue weighted by molar-refractivity contribution is 7.08. The molecule has 0 saturated heterocycles. The lowest BCUT2D eigenvalue weighted by Gasteiger charge is -2.10. The Morgan fingerprint density at radius 2 is 1.85 bits per heavy atom. The summed E-state index contributed by atoms with van der Waals surface area (Å²) in [7, 11) is 3.20. The normalized spacial score (nSPS) is 10.2. The number of methoxy groups -OCH3 is 2. The molecule has 2 rings (SSSR count). The standard InChI is InChI=1S/C19H24N2O4S/c1-24-16-6-5-14(12-17(16)25-2)7-10-20-18(22)4-3-9-21-19(23)15-8-11-26-13-15/h5-6,8,11-13H,3-4,7,9-10H2,1-2H3,(H,20,22)(H,21,23). The van der Waals surface area contributed by atoms with Crippen molar-refractivity contribution in [2.45, 2.75) is 19.3 Å². The average molecular weight is 376 g/mol. The van der Waals surface area contributed by atoms with E-state index < -0.39 is 0 Å². The van der Waals surface area contributed by atoms with Crippen molar-refractivity contribution >= 4 is 23.2 Å². The van der Waals surface area contributed by atoms with E-state index >= 15 is 0 Å². The third kappa shape index (κ3) is 6.07. The fraction of sp³-hybridized carbons (Fsp3) is 0.368. The van der Waals surface area contributed by atoms with Crippen molar-refractivity contribution in [3.05, 3.63) is 46.2 Å². The van der Waals surface area contributed by atoms with Crippen LogP contribution < -0.4 is 20.1 Å². The van der Waals surface area contributed by atoms with Crippen molar-refractivity contribution in [1.82, 2.24) is 10.6 Å². The highest BCUT2D eigenvalue weighted by atomic mass is 32.1. The van der Waals surface area contributed by atoms with Crippen molar-refractivity contribution in [3.63, 3.8) is 0 Å². The zero-order chi connectivity index (χ0) is 18.8. The number of ether oxygens (including phenoxy) is 2. The monoisotopic (exact) mass is 376 g/mol. The van der Waals surface area contributed by atoms with E-state index in [1.54, 1.807) is 25.7 Å². The number of hydrogen-bond acceptors (Lipinski definition) is 5. The Bertz CT molecular complexity index is 716. The van der Waals surface area contributed by atoms with E-state index in [1.165, 1.54) is 11.3 Å². The molecule has 0 aliphatic carbocycles. The summed E-state index contributed by atoms with van der Waals surface area (Å²) in [6.45, 7) is 1.04. The minimum Gasteiger partial charge on any atom is -0.493 e. The second-order valence-corrected chi connectivity index (χ2v) is 6.44. The van der Waals surface area contributed by atoms with E-state index in [4.69, 9.17) is 9.47 Å². The summed E-state index contributed by atoms with van der Waals surface area (Å²) in [6, 6.07) is 7.49. The van der Waals surface area contributed by atoms with Gasteiger partial charge >= 0.3 is 0 Å². The zero-order valence-corrected chi connectivity index (χ0v) is 15.9. The molecule has 7 heteroatoms. The Morgan fingerprint density at radius 1 is 1.04 bits per heavy atom. The molecule has 0 radical (unpaired) electrons. The van der Waals surface area contributed by atoms with Crippen LogP contribution in [-0.4, -0.2) is 39.1 Å². The van der Waals surface area contributed by atoms with Crippen LogP contribution >= 0.6 is 11.3 Å². The second kappa shape index (κ2) is 10.5. The van der Waals surface area contributed by atoms with E-state index in [9.17, 15) is 9.59 Å². The van der Waals surface area contributed by atoms with Gasteiger partial charge in [-0.05, 0) is 42.0 Å². The first-order chi connectivity index (χ1) is 12.6. The molecule has 2 amide bonds. The molecule has 0 spiro atoms. The van der Waals surface area contributed by atoms with Gasteiger partial charge in [-0.15, -0.1) is 0 Å². The van der Waals surface area contributed by atoms with Crippen LogP contribution in [-0.2, 0) is 11.2 Å². The maximum atomic E-state index is 11.9. The van der Waals surface area contributed by atoms with Gasteiger partial charge in [0.2, 0.25) is 5.91 Å². The van der Waals surface area contributed by atoms with Crippen LogP contribution in [0.5, 0.6) is 11.5 Å². The highest BCUT2D eigenvalue weighted by Gasteiger charge is 2.07. The van der Waals surface area contributed by atoms with Crippen LogP contribution in [0.3, 0.4) is 0 Å². The number of rotatable bonds is 10. The Balaban J connectivity index is 1.62. The molecule has 0 atom stereocenters. The Morgan fingerprint density at radius 3 is 2.54 bits per heavy atom. The first kappa shape index (κ1) is 19.8. The molecule has 2 aromatic rings. The Hall–Kier alpha value is -2.54. The number of nitrogens with one attached hydrogen (secondary N) is 2. The van der Waals surface area contributed by atoms with Crippen molar-refractivity contribution in [3.8, 4) is 11.5 Å². The Kier molecular flexibility index (Phi) is 7.95. The van der Waals surface area contributed by atoms with Gasteiger partial charge in [-0.3, -0.25) is 9.59 Å². The van der Waals surface area contributed by atoms with Crippen molar-refractivity contribution in [1.29, 1.82) is 0 Å². The van der Waals surface area contributed by atoms with Crippen molar-refractivity contribution in [2.75, 3.05) is 27.3 Å². The number of benzene rings is 1. The van der Waals surface area contributed by atoms with E-state index in [0.29, 0.717) is 49.4 Å². The smallest absolute Gasteiger partial charge is 0.252 e. The van der Waals surface area contributed by atoms with E-state index in [-0.39, 0.29) is 11.8 Å². The van der Waals surface area contributed by atoms with Gasteiger partial charge in [0, 0.05) is 30.5 Å². The molecule has 0 saturated carbocycles. The van der Waals surface area contributed by atoms with Gasteiger partial charge < -0.3 is 20.1 Å². The molecule has 2 N–H and O–H groups in total. The quantitative estimate of drug-likeness (QED) is 0.625. The molecular weight excluding hydrogens is 352 g/mol. The summed E-state index contributed by atoms with van der Waals surface area (Å²) in [4.78, 5) is 23.6. The van der Waals surface area contributed by atoms with Crippen molar-refractivity contribution in [2.24, 2.45) is 0 Å². The number of hydrogen-bond donors (Lipinski definition) is 2. The van der Waals surface area contributed by atoms with Gasteiger partial charge in [-0.2, -0.15) is 11.3 Å². The van der Waals surface area contributed by atoms with E-state index in [0.717, 1.165) is 5.56 Å². The average Bonchev–Trinajstić information content (AvgIpc) is 3.19. The summed E-state index contributed by atoms with van der Waals surface area (Å²) < 4.78 is 10.5. The summed E-state index contributed by atoms with van der Waals surface area (Å²) in [5, 5.41) is 9.36. The lowest BCUT2D eigenvalue weighted by molar-refractivity contribution is -0.121. The molecule has 1 aromatic carbocycles. The molecule has 1 aromatic heterocycles. The summed E-state index contributed by atoms with van der Waals surface area (Å²) in [5.74, 6) is 1.25. The maximum absolute atomic E-state index is 11.9. The number of amides is 2. The summed E-state index contributed by atoms with van der Waals surface area (Å²) in [5.41, 5.74) is 1.72. The third-order valence-corrected chi connectivity index (χ3v) is 4.52. The molecule has 1 heterocycles. The van der Waals surface area contributed by atoms with Crippen LogP contribution in [0.1, 0.15) is 28.8 Å². The number of thiophene rings is 1. The van der Waals surface area contributed by atoms with Gasteiger partial charge in [-0.25, -0.2) is 0 Å². The minimum absolute atomic E-state index is 0.0183. The molecule has 0 fully saturated rings. The second-order valence-electron chi connectivity index (χ2n) is 5.66. The molecule has 0 unspecified atom stereocenters. The van der Waals surface area contributed by atoms with Crippen molar-refractivity contribution < 1.29 is 19.1 Å². The van der Waals surface area contributed by atoms with Crippen LogP contribution in [0.15, 0.2) is 35.0 Å². The molecular formula is C19H24N2O4S. The summed E-state index contributed by atoms with van der Waals surface area (Å²) >= 11 is 1.48. The molecule has 26 heavy (non-hydrogen) atoms. The van der Waals surface area contributed by atoms with Gasteiger partial charge in [0.05, 0.1) is 14.2 Å². The van der Waals surface area contributed by atoms with E-state index in [2.05, 4.69) is 10.6 Å². The highest BCUT2D eigenvalue weighted by Crippen LogP contribution is 2.27. The van der Waals surface area contributed by atoms with Crippen LogP contribution in [0.4, 0.5) is 0 Å². The van der Waals surface area contributed by atoms with Crippen LogP contribution in [0, 0.1) is 0 Å². The molecule has 0 aliphatic rings. The van der Waals surface area contributed by atoms with E-state index in [1.807, 2.05) is 23.6 Å². The van der Waals surface area contributed by atoms with Gasteiger partial charge in [0.1, 0.15) is 0 Å². The van der Waals surface area contributed by atoms with Crippen LogP contribution in [0.25, 0.3) is 0 Å². The topological polar surface area (TPSA) is 76.7 Å². The lowest BCUT2D eigenvalue weighted by atomic mass is 10.1. The van der Waals surface area contributed by atoms with Gasteiger partial charge in [-0.1, -0.05) is 6.07 Å². The molecule has 140 valence electrons. The fourth-order valence-electron chi connectivity index (χ4n) is 2.42.